The van der Waals surface area contributed by atoms with Crippen LogP contribution in [0.3, 0.4) is 0 Å². The summed E-state index contributed by atoms with van der Waals surface area (Å²) in [6.07, 6.45) is -0.170. The minimum absolute atomic E-state index is 0.170. The van der Waals surface area contributed by atoms with Gasteiger partial charge in [-0.3, -0.25) is 4.79 Å². The zero-order valence-electron chi connectivity index (χ0n) is 10.4. The molecular weight excluding hydrogens is 244 g/mol. The number of carbonyl (C=O) groups is 1. The Kier molecular flexibility index (Phi) is 6.72. The normalized spacial score (nSPS) is 14.6. The number of rotatable bonds is 9. The van der Waals surface area contributed by atoms with Crippen LogP contribution in [-0.4, -0.2) is 69.6 Å². The molecule has 0 aliphatic rings. The van der Waals surface area contributed by atoms with Gasteiger partial charge >= 0.3 is 5.97 Å². The standard InChI is InChI=1S/C11H22O7/c1-8(11(5-14,6-15)7-16)2-10(3-12,4-13)9(17)18/h8,12-16H,2-7H2,1H3,(H,17,18). The summed E-state index contributed by atoms with van der Waals surface area (Å²) in [6, 6.07) is 0. The lowest BCUT2D eigenvalue weighted by Gasteiger charge is -2.38. The van der Waals surface area contributed by atoms with Gasteiger partial charge in [0.25, 0.3) is 0 Å². The Morgan fingerprint density at radius 1 is 0.944 bits per heavy atom. The molecule has 0 aromatic rings. The highest BCUT2D eigenvalue weighted by atomic mass is 16.4. The first-order valence-electron chi connectivity index (χ1n) is 5.65. The lowest BCUT2D eigenvalue weighted by Crippen LogP contribution is -2.47. The molecule has 0 saturated carbocycles. The molecule has 0 aliphatic heterocycles. The van der Waals surface area contributed by atoms with Gasteiger partial charge in [0, 0.05) is 5.41 Å². The third-order valence-corrected chi connectivity index (χ3v) is 3.75. The van der Waals surface area contributed by atoms with Crippen molar-refractivity contribution in [3.63, 3.8) is 0 Å². The van der Waals surface area contributed by atoms with Gasteiger partial charge in [0.1, 0.15) is 5.41 Å². The van der Waals surface area contributed by atoms with Crippen LogP contribution in [0.15, 0.2) is 0 Å². The summed E-state index contributed by atoms with van der Waals surface area (Å²) < 4.78 is 0. The van der Waals surface area contributed by atoms with Crippen molar-refractivity contribution in [1.82, 2.24) is 0 Å². The van der Waals surface area contributed by atoms with Gasteiger partial charge in [-0.2, -0.15) is 0 Å². The smallest absolute Gasteiger partial charge is 0.314 e. The molecule has 0 aromatic heterocycles. The van der Waals surface area contributed by atoms with E-state index in [0.29, 0.717) is 0 Å². The molecule has 7 heteroatoms. The highest BCUT2D eigenvalue weighted by Crippen LogP contribution is 2.36. The summed E-state index contributed by atoms with van der Waals surface area (Å²) in [7, 11) is 0. The molecule has 0 spiro atoms. The van der Waals surface area contributed by atoms with E-state index >= 15 is 0 Å². The second-order valence-corrected chi connectivity index (χ2v) is 4.84. The lowest BCUT2D eigenvalue weighted by molar-refractivity contribution is -0.158. The molecule has 0 heterocycles. The highest BCUT2D eigenvalue weighted by Gasteiger charge is 2.44. The molecule has 0 aromatic carbocycles. The van der Waals surface area contributed by atoms with Crippen LogP contribution < -0.4 is 0 Å². The van der Waals surface area contributed by atoms with E-state index in [0.717, 1.165) is 0 Å². The number of carboxylic acid groups (broad SMARTS) is 1. The second-order valence-electron chi connectivity index (χ2n) is 4.84. The van der Waals surface area contributed by atoms with Gasteiger partial charge in [0.05, 0.1) is 33.0 Å². The van der Waals surface area contributed by atoms with Gasteiger partial charge in [-0.15, -0.1) is 0 Å². The van der Waals surface area contributed by atoms with Gasteiger partial charge in [0.15, 0.2) is 0 Å². The zero-order valence-corrected chi connectivity index (χ0v) is 10.4. The average molecular weight is 266 g/mol. The number of aliphatic hydroxyl groups is 5. The molecule has 108 valence electrons. The Morgan fingerprint density at radius 3 is 1.56 bits per heavy atom. The van der Waals surface area contributed by atoms with E-state index in [2.05, 4.69) is 0 Å². The van der Waals surface area contributed by atoms with Crippen molar-refractivity contribution in [3.8, 4) is 0 Å². The maximum atomic E-state index is 11.1. The molecule has 0 saturated heterocycles. The summed E-state index contributed by atoms with van der Waals surface area (Å²) in [4.78, 5) is 11.1. The van der Waals surface area contributed by atoms with Crippen molar-refractivity contribution in [2.45, 2.75) is 13.3 Å². The van der Waals surface area contributed by atoms with Crippen molar-refractivity contribution >= 4 is 5.97 Å². The van der Waals surface area contributed by atoms with Crippen molar-refractivity contribution in [2.75, 3.05) is 33.0 Å². The topological polar surface area (TPSA) is 138 Å². The number of carboxylic acids is 1. The Balaban J connectivity index is 5.10. The largest absolute Gasteiger partial charge is 0.481 e. The minimum atomic E-state index is -1.75. The maximum absolute atomic E-state index is 11.1. The number of aliphatic hydroxyl groups excluding tert-OH is 5. The monoisotopic (exact) mass is 266 g/mol. The number of hydrogen-bond donors (Lipinski definition) is 6. The van der Waals surface area contributed by atoms with E-state index in [1.165, 1.54) is 0 Å². The van der Waals surface area contributed by atoms with E-state index in [4.69, 9.17) is 15.3 Å². The van der Waals surface area contributed by atoms with Crippen LogP contribution in [0.25, 0.3) is 0 Å². The number of aliphatic carboxylic acids is 1. The summed E-state index contributed by atoms with van der Waals surface area (Å²) in [6.45, 7) is -1.54. The third-order valence-electron chi connectivity index (χ3n) is 3.75. The number of hydrogen-bond acceptors (Lipinski definition) is 6. The van der Waals surface area contributed by atoms with Gasteiger partial charge in [-0.25, -0.2) is 0 Å². The van der Waals surface area contributed by atoms with Crippen LogP contribution in [0.5, 0.6) is 0 Å². The van der Waals surface area contributed by atoms with Crippen molar-refractivity contribution in [1.29, 1.82) is 0 Å². The van der Waals surface area contributed by atoms with Gasteiger partial charge in [0.2, 0.25) is 0 Å². The predicted molar refractivity (Wildman–Crippen MR) is 61.7 cm³/mol. The second kappa shape index (κ2) is 7.01. The molecule has 1 atom stereocenters. The molecule has 18 heavy (non-hydrogen) atoms. The molecule has 0 bridgehead atoms. The summed E-state index contributed by atoms with van der Waals surface area (Å²) in [5.41, 5.74) is -2.99. The Bertz CT molecular complexity index is 250. The van der Waals surface area contributed by atoms with Gasteiger partial charge < -0.3 is 30.6 Å². The summed E-state index contributed by atoms with van der Waals surface area (Å²) in [5.74, 6) is -1.96. The molecule has 0 rings (SSSR count). The van der Waals surface area contributed by atoms with Crippen LogP contribution >= 0.6 is 0 Å². The first-order chi connectivity index (χ1) is 8.37. The summed E-state index contributed by atoms with van der Waals surface area (Å²) >= 11 is 0. The van der Waals surface area contributed by atoms with Crippen LogP contribution in [0.2, 0.25) is 0 Å². The molecule has 6 N–H and O–H groups in total. The SMILES string of the molecule is CC(CC(CO)(CO)C(=O)O)C(CO)(CO)CO. The first kappa shape index (κ1) is 17.3. The van der Waals surface area contributed by atoms with Gasteiger partial charge in [-0.05, 0) is 12.3 Å². The molecule has 0 aliphatic carbocycles. The maximum Gasteiger partial charge on any atom is 0.314 e. The lowest BCUT2D eigenvalue weighted by atomic mass is 9.69. The molecular formula is C11H22O7. The molecule has 0 amide bonds. The van der Waals surface area contributed by atoms with E-state index in [-0.39, 0.29) is 6.42 Å². The Morgan fingerprint density at radius 2 is 1.33 bits per heavy atom. The fourth-order valence-corrected chi connectivity index (χ4v) is 1.82. The zero-order chi connectivity index (χ0) is 14.4. The Hall–Kier alpha value is -0.730. The van der Waals surface area contributed by atoms with Crippen molar-refractivity contribution < 1.29 is 35.4 Å². The van der Waals surface area contributed by atoms with E-state index < -0.39 is 55.8 Å². The summed E-state index contributed by atoms with van der Waals surface area (Å²) in [5, 5.41) is 55.1. The van der Waals surface area contributed by atoms with Gasteiger partial charge in [-0.1, -0.05) is 6.92 Å². The van der Waals surface area contributed by atoms with E-state index in [9.17, 15) is 20.1 Å². The minimum Gasteiger partial charge on any atom is -0.481 e. The third kappa shape index (κ3) is 3.18. The molecule has 7 nitrogen and oxygen atoms in total. The fraction of sp³-hybridized carbons (Fsp3) is 0.909. The molecule has 1 unspecified atom stereocenters. The first-order valence-corrected chi connectivity index (χ1v) is 5.65. The fourth-order valence-electron chi connectivity index (χ4n) is 1.82. The van der Waals surface area contributed by atoms with Crippen LogP contribution in [0.1, 0.15) is 13.3 Å². The highest BCUT2D eigenvalue weighted by molar-refractivity contribution is 5.75. The average Bonchev–Trinajstić information content (AvgIpc) is 2.38. The predicted octanol–water partition coefficient (Wildman–Crippen LogP) is -1.97. The quantitative estimate of drug-likeness (QED) is 0.284. The molecule has 0 fully saturated rings. The Labute approximate surface area is 105 Å². The van der Waals surface area contributed by atoms with Crippen molar-refractivity contribution in [2.24, 2.45) is 16.7 Å². The molecule has 0 radical (unpaired) electrons. The van der Waals surface area contributed by atoms with Crippen LogP contribution in [0, 0.1) is 16.7 Å². The van der Waals surface area contributed by atoms with Crippen LogP contribution in [0.4, 0.5) is 0 Å². The van der Waals surface area contributed by atoms with E-state index in [1.807, 2.05) is 0 Å². The van der Waals surface area contributed by atoms with Crippen LogP contribution in [-0.2, 0) is 4.79 Å². The van der Waals surface area contributed by atoms with E-state index in [1.54, 1.807) is 6.92 Å². The van der Waals surface area contributed by atoms with Crippen molar-refractivity contribution in [3.05, 3.63) is 0 Å².